The van der Waals surface area contributed by atoms with E-state index in [4.69, 9.17) is 21.4 Å². The van der Waals surface area contributed by atoms with Crippen LogP contribution in [0.5, 0.6) is 5.75 Å². The Morgan fingerprint density at radius 3 is 2.73 bits per heavy atom. The number of benzene rings is 1. The van der Waals surface area contributed by atoms with Gasteiger partial charge in [0.15, 0.2) is 5.11 Å². The zero-order chi connectivity index (χ0) is 18.1. The lowest BCUT2D eigenvalue weighted by Gasteiger charge is -2.26. The highest BCUT2D eigenvalue weighted by Crippen LogP contribution is 2.42. The van der Waals surface area contributed by atoms with Crippen LogP contribution in [0, 0.1) is 6.92 Å². The molecule has 26 heavy (non-hydrogen) atoms. The van der Waals surface area contributed by atoms with Gasteiger partial charge in [0.05, 0.1) is 18.8 Å². The molecule has 4 rings (SSSR count). The molecule has 0 aliphatic carbocycles. The molecule has 2 atom stereocenters. The Morgan fingerprint density at radius 1 is 1.15 bits per heavy atom. The van der Waals surface area contributed by atoms with Crippen molar-refractivity contribution in [1.82, 2.24) is 10.3 Å². The lowest BCUT2D eigenvalue weighted by Crippen LogP contribution is -2.29. The van der Waals surface area contributed by atoms with Gasteiger partial charge in [-0.3, -0.25) is 4.98 Å². The van der Waals surface area contributed by atoms with Crippen molar-refractivity contribution in [3.63, 3.8) is 0 Å². The molecular formula is C20H19N3O2S. The summed E-state index contributed by atoms with van der Waals surface area (Å²) in [6.07, 6.45) is 1.79. The van der Waals surface area contributed by atoms with Gasteiger partial charge in [0.25, 0.3) is 0 Å². The Hall–Kier alpha value is -2.86. The number of thiocarbonyl (C=S) groups is 1. The molecule has 0 bridgehead atoms. The minimum atomic E-state index is -0.141. The number of aromatic nitrogens is 1. The summed E-state index contributed by atoms with van der Waals surface area (Å²) < 4.78 is 11.4. The smallest absolute Gasteiger partial charge is 0.174 e. The number of hydrogen-bond acceptors (Lipinski definition) is 4. The SMILES string of the molecule is COc1cccc(N2C(=S)N[C@@H](c3ccccn3)[C@H]2c2ccc(C)o2)c1. The summed E-state index contributed by atoms with van der Waals surface area (Å²) in [6, 6.07) is 17.4. The van der Waals surface area contributed by atoms with Crippen molar-refractivity contribution in [2.24, 2.45) is 0 Å². The monoisotopic (exact) mass is 365 g/mol. The lowest BCUT2D eigenvalue weighted by molar-refractivity contribution is 0.412. The number of pyridine rings is 1. The van der Waals surface area contributed by atoms with Crippen LogP contribution in [0.15, 0.2) is 65.2 Å². The van der Waals surface area contributed by atoms with Crippen LogP contribution in [-0.4, -0.2) is 17.2 Å². The summed E-state index contributed by atoms with van der Waals surface area (Å²) in [6.45, 7) is 1.94. The first-order chi connectivity index (χ1) is 12.7. The molecule has 3 heterocycles. The van der Waals surface area contributed by atoms with Crippen LogP contribution in [0.4, 0.5) is 5.69 Å². The second kappa shape index (κ2) is 6.80. The molecule has 0 radical (unpaired) electrons. The van der Waals surface area contributed by atoms with Gasteiger partial charge in [-0.05, 0) is 55.5 Å². The van der Waals surface area contributed by atoms with Crippen molar-refractivity contribution in [3.8, 4) is 5.75 Å². The first-order valence-corrected chi connectivity index (χ1v) is 8.79. The Bertz CT molecular complexity index is 926. The molecule has 0 saturated carbocycles. The summed E-state index contributed by atoms with van der Waals surface area (Å²) in [5, 5.41) is 4.04. The molecule has 1 N–H and O–H groups in total. The fourth-order valence-corrected chi connectivity index (χ4v) is 3.64. The van der Waals surface area contributed by atoms with Gasteiger partial charge in [-0.25, -0.2) is 0 Å². The average Bonchev–Trinajstić information content (AvgIpc) is 3.25. The van der Waals surface area contributed by atoms with E-state index in [0.717, 1.165) is 28.7 Å². The minimum absolute atomic E-state index is 0.111. The third-order valence-electron chi connectivity index (χ3n) is 4.48. The highest BCUT2D eigenvalue weighted by molar-refractivity contribution is 7.80. The maximum atomic E-state index is 5.98. The number of nitrogens with zero attached hydrogens (tertiary/aromatic N) is 2. The second-order valence-corrected chi connectivity index (χ2v) is 6.53. The van der Waals surface area contributed by atoms with Crippen LogP contribution in [0.25, 0.3) is 0 Å². The molecule has 1 aliphatic rings. The fourth-order valence-electron chi connectivity index (χ4n) is 3.29. The van der Waals surface area contributed by atoms with Gasteiger partial charge in [-0.15, -0.1) is 0 Å². The number of nitrogens with one attached hydrogen (secondary N) is 1. The van der Waals surface area contributed by atoms with Gasteiger partial charge in [0.1, 0.15) is 23.3 Å². The van der Waals surface area contributed by atoms with E-state index in [9.17, 15) is 0 Å². The zero-order valence-corrected chi connectivity index (χ0v) is 15.4. The second-order valence-electron chi connectivity index (χ2n) is 6.15. The van der Waals surface area contributed by atoms with Crippen molar-refractivity contribution >= 4 is 23.0 Å². The lowest BCUT2D eigenvalue weighted by atomic mass is 10.0. The molecule has 1 fully saturated rings. The number of furan rings is 1. The van der Waals surface area contributed by atoms with Crippen LogP contribution in [-0.2, 0) is 0 Å². The van der Waals surface area contributed by atoms with Gasteiger partial charge < -0.3 is 19.4 Å². The molecule has 0 spiro atoms. The van der Waals surface area contributed by atoms with E-state index in [2.05, 4.69) is 15.2 Å². The predicted molar refractivity (Wildman–Crippen MR) is 104 cm³/mol. The molecule has 1 aliphatic heterocycles. The van der Waals surface area contributed by atoms with E-state index >= 15 is 0 Å². The fraction of sp³-hybridized carbons (Fsp3) is 0.200. The van der Waals surface area contributed by atoms with E-state index in [1.807, 2.05) is 61.5 Å². The van der Waals surface area contributed by atoms with Crippen LogP contribution < -0.4 is 15.0 Å². The number of methoxy groups -OCH3 is 1. The van der Waals surface area contributed by atoms with Crippen molar-refractivity contribution < 1.29 is 9.15 Å². The van der Waals surface area contributed by atoms with Crippen LogP contribution in [0.3, 0.4) is 0 Å². The van der Waals surface area contributed by atoms with Crippen LogP contribution in [0.2, 0.25) is 0 Å². The highest BCUT2D eigenvalue weighted by Gasteiger charge is 2.42. The van der Waals surface area contributed by atoms with E-state index in [1.165, 1.54) is 0 Å². The van der Waals surface area contributed by atoms with E-state index < -0.39 is 0 Å². The van der Waals surface area contributed by atoms with Gasteiger partial charge in [0, 0.05) is 18.0 Å². The Labute approximate surface area is 157 Å². The number of hydrogen-bond donors (Lipinski definition) is 1. The largest absolute Gasteiger partial charge is 0.497 e. The Morgan fingerprint density at radius 2 is 2.04 bits per heavy atom. The summed E-state index contributed by atoms with van der Waals surface area (Å²) in [5.41, 5.74) is 1.86. The predicted octanol–water partition coefficient (Wildman–Crippen LogP) is 4.17. The first-order valence-electron chi connectivity index (χ1n) is 8.38. The van der Waals surface area contributed by atoms with E-state index in [0.29, 0.717) is 5.11 Å². The number of aryl methyl sites for hydroxylation is 1. The molecule has 6 heteroatoms. The van der Waals surface area contributed by atoms with Crippen LogP contribution >= 0.6 is 12.2 Å². The Kier molecular flexibility index (Phi) is 4.34. The van der Waals surface area contributed by atoms with Gasteiger partial charge in [-0.2, -0.15) is 0 Å². The van der Waals surface area contributed by atoms with Crippen molar-refractivity contribution in [2.45, 2.75) is 19.0 Å². The quantitative estimate of drug-likeness (QED) is 0.701. The topological polar surface area (TPSA) is 50.5 Å². The molecule has 132 valence electrons. The van der Waals surface area contributed by atoms with Gasteiger partial charge in [0.2, 0.25) is 0 Å². The van der Waals surface area contributed by atoms with Gasteiger partial charge in [-0.1, -0.05) is 12.1 Å². The Balaban J connectivity index is 1.82. The van der Waals surface area contributed by atoms with E-state index in [-0.39, 0.29) is 12.1 Å². The molecule has 1 saturated heterocycles. The molecule has 0 unspecified atom stereocenters. The summed E-state index contributed by atoms with van der Waals surface area (Å²) in [7, 11) is 1.66. The molecule has 5 nitrogen and oxygen atoms in total. The summed E-state index contributed by atoms with van der Waals surface area (Å²) >= 11 is 5.67. The molecule has 3 aromatic rings. The van der Waals surface area contributed by atoms with Gasteiger partial charge >= 0.3 is 0 Å². The molecular weight excluding hydrogens is 346 g/mol. The number of ether oxygens (including phenoxy) is 1. The average molecular weight is 365 g/mol. The zero-order valence-electron chi connectivity index (χ0n) is 14.5. The summed E-state index contributed by atoms with van der Waals surface area (Å²) in [4.78, 5) is 6.59. The van der Waals surface area contributed by atoms with Crippen molar-refractivity contribution in [2.75, 3.05) is 12.0 Å². The maximum absolute atomic E-state index is 5.98. The molecule has 1 aromatic carbocycles. The van der Waals surface area contributed by atoms with Crippen molar-refractivity contribution in [1.29, 1.82) is 0 Å². The number of rotatable bonds is 4. The van der Waals surface area contributed by atoms with Crippen LogP contribution in [0.1, 0.15) is 29.3 Å². The molecule has 0 amide bonds. The van der Waals surface area contributed by atoms with E-state index in [1.54, 1.807) is 13.3 Å². The highest BCUT2D eigenvalue weighted by atomic mass is 32.1. The molecule has 2 aromatic heterocycles. The first kappa shape index (κ1) is 16.6. The van der Waals surface area contributed by atoms with Crippen molar-refractivity contribution in [3.05, 3.63) is 78.0 Å². The maximum Gasteiger partial charge on any atom is 0.174 e. The normalized spacial score (nSPS) is 19.5. The third kappa shape index (κ3) is 2.93. The summed E-state index contributed by atoms with van der Waals surface area (Å²) in [5.74, 6) is 2.48. The standard InChI is InChI=1S/C20H19N3O2S/c1-13-9-10-17(25-13)19-18(16-8-3-4-11-21-16)22-20(26)23(19)14-6-5-7-15(12-14)24-2/h3-12,18-19H,1-2H3,(H,22,26)/t18-,19+/m0/s1. The number of anilines is 1. The third-order valence-corrected chi connectivity index (χ3v) is 4.80. The minimum Gasteiger partial charge on any atom is -0.497 e.